The summed E-state index contributed by atoms with van der Waals surface area (Å²) in [6.07, 6.45) is 1.47. The minimum absolute atomic E-state index is 0.159. The van der Waals surface area contributed by atoms with E-state index in [0.717, 1.165) is 12.8 Å². The van der Waals surface area contributed by atoms with Crippen LogP contribution in [0.1, 0.15) is 24.0 Å². The van der Waals surface area contributed by atoms with Crippen LogP contribution in [0.25, 0.3) is 0 Å². The fraction of sp³-hybridized carbons (Fsp3) is 0.409. The van der Waals surface area contributed by atoms with Crippen molar-refractivity contribution >= 4 is 22.2 Å². The standard InChI is InChI=1S/C20H23FN2O3S.C2H4O2/c1-15-12-18(6-7-19(15)21)27(24,25)22-10-8-17(9-11-22)23-14-26-13-16-4-2-3-5-20(16)23;1-4-2-3/h2-7,12,17H,8-11,13-14H2,1H3;2H,1H3. The highest BCUT2D eigenvalue weighted by Gasteiger charge is 2.33. The van der Waals surface area contributed by atoms with E-state index in [4.69, 9.17) is 9.53 Å². The number of hydrogen-bond donors (Lipinski definition) is 0. The van der Waals surface area contributed by atoms with Crippen LogP contribution in [0.15, 0.2) is 47.4 Å². The lowest BCUT2D eigenvalue weighted by molar-refractivity contribution is -0.126. The number of methoxy groups -OCH3 is 1. The fourth-order valence-electron chi connectivity index (χ4n) is 3.86. The third-order valence-electron chi connectivity index (χ3n) is 5.52. The number of carbonyl (C=O) groups excluding carboxylic acids is 1. The van der Waals surface area contributed by atoms with Gasteiger partial charge in [0.05, 0.1) is 18.6 Å². The van der Waals surface area contributed by atoms with Gasteiger partial charge in [-0.25, -0.2) is 12.8 Å². The maximum atomic E-state index is 13.5. The Hall–Kier alpha value is -2.49. The Bertz CT molecular complexity index is 1010. The van der Waals surface area contributed by atoms with Gasteiger partial charge in [0.2, 0.25) is 10.0 Å². The predicted molar refractivity (Wildman–Crippen MR) is 115 cm³/mol. The van der Waals surface area contributed by atoms with Gasteiger partial charge >= 0.3 is 0 Å². The maximum absolute atomic E-state index is 13.5. The number of nitrogens with zero attached hydrogens (tertiary/aromatic N) is 2. The molecule has 31 heavy (non-hydrogen) atoms. The van der Waals surface area contributed by atoms with Crippen molar-refractivity contribution in [2.24, 2.45) is 0 Å². The van der Waals surface area contributed by atoms with Gasteiger partial charge in [0.1, 0.15) is 12.5 Å². The molecule has 168 valence electrons. The van der Waals surface area contributed by atoms with Crippen LogP contribution in [0, 0.1) is 12.7 Å². The number of piperidine rings is 1. The number of anilines is 1. The minimum Gasteiger partial charge on any atom is -0.471 e. The molecule has 1 saturated heterocycles. The largest absolute Gasteiger partial charge is 0.471 e. The fourth-order valence-corrected chi connectivity index (χ4v) is 5.41. The first-order valence-electron chi connectivity index (χ1n) is 10.0. The average molecular weight is 451 g/mol. The molecule has 0 spiro atoms. The first-order chi connectivity index (χ1) is 14.9. The van der Waals surface area contributed by atoms with E-state index in [2.05, 4.69) is 21.8 Å². The Morgan fingerprint density at radius 3 is 2.48 bits per heavy atom. The highest BCUT2D eigenvalue weighted by Crippen LogP contribution is 2.31. The Kier molecular flexibility index (Phi) is 7.64. The average Bonchev–Trinajstić information content (AvgIpc) is 2.80. The van der Waals surface area contributed by atoms with Gasteiger partial charge < -0.3 is 14.4 Å². The molecule has 9 heteroatoms. The summed E-state index contributed by atoms with van der Waals surface area (Å²) in [4.78, 5) is 11.4. The van der Waals surface area contributed by atoms with Gasteiger partial charge in [-0.05, 0) is 49.6 Å². The molecular formula is C22H27FN2O5S. The van der Waals surface area contributed by atoms with Crippen LogP contribution in [0.4, 0.5) is 10.1 Å². The van der Waals surface area contributed by atoms with Crippen molar-refractivity contribution in [2.75, 3.05) is 31.8 Å². The molecule has 0 aromatic heterocycles. The van der Waals surface area contributed by atoms with Crippen LogP contribution in [0.2, 0.25) is 0 Å². The van der Waals surface area contributed by atoms with Gasteiger partial charge in [0.25, 0.3) is 6.47 Å². The van der Waals surface area contributed by atoms with Crippen LogP contribution >= 0.6 is 0 Å². The van der Waals surface area contributed by atoms with E-state index in [9.17, 15) is 12.8 Å². The molecule has 2 aliphatic heterocycles. The van der Waals surface area contributed by atoms with Crippen LogP contribution < -0.4 is 4.90 Å². The lowest BCUT2D eigenvalue weighted by Crippen LogP contribution is -2.48. The molecule has 0 N–H and O–H groups in total. The molecule has 2 aromatic carbocycles. The summed E-state index contributed by atoms with van der Waals surface area (Å²) in [6, 6.07) is 12.4. The van der Waals surface area contributed by atoms with E-state index in [1.807, 2.05) is 12.1 Å². The van der Waals surface area contributed by atoms with Crippen LogP contribution in [0.3, 0.4) is 0 Å². The Labute approximate surface area is 182 Å². The topological polar surface area (TPSA) is 76.2 Å². The van der Waals surface area contributed by atoms with Crippen molar-refractivity contribution in [2.45, 2.75) is 37.3 Å². The van der Waals surface area contributed by atoms with Gasteiger partial charge in [-0.1, -0.05) is 18.2 Å². The maximum Gasteiger partial charge on any atom is 0.292 e. The number of ether oxygens (including phenoxy) is 2. The van der Waals surface area contributed by atoms with E-state index in [1.165, 1.54) is 40.9 Å². The first-order valence-corrected chi connectivity index (χ1v) is 11.5. The SMILES string of the molecule is COC=O.Cc1cc(S(=O)(=O)N2CCC(N3COCc4ccccc43)CC2)ccc1F. The van der Waals surface area contributed by atoms with Crippen LogP contribution in [-0.4, -0.2) is 52.2 Å². The van der Waals surface area contributed by atoms with Gasteiger partial charge in [0.15, 0.2) is 0 Å². The third kappa shape index (κ3) is 5.23. The molecule has 0 unspecified atom stereocenters. The van der Waals surface area contributed by atoms with Crippen molar-refractivity contribution in [3.8, 4) is 0 Å². The molecule has 0 atom stereocenters. The van der Waals surface area contributed by atoms with Crippen molar-refractivity contribution in [1.82, 2.24) is 4.31 Å². The van der Waals surface area contributed by atoms with Crippen LogP contribution in [-0.2, 0) is 30.9 Å². The molecule has 0 radical (unpaired) electrons. The molecule has 7 nitrogen and oxygen atoms in total. The highest BCUT2D eigenvalue weighted by atomic mass is 32.2. The Balaban J connectivity index is 0.000000628. The lowest BCUT2D eigenvalue weighted by Gasteiger charge is -2.41. The summed E-state index contributed by atoms with van der Waals surface area (Å²) in [6.45, 7) is 3.99. The van der Waals surface area contributed by atoms with Crippen molar-refractivity contribution in [1.29, 1.82) is 0 Å². The number of aryl methyl sites for hydroxylation is 1. The smallest absolute Gasteiger partial charge is 0.292 e. The first kappa shape index (κ1) is 23.2. The van der Waals surface area contributed by atoms with Crippen molar-refractivity contribution in [3.63, 3.8) is 0 Å². The van der Waals surface area contributed by atoms with Crippen LogP contribution in [0.5, 0.6) is 0 Å². The zero-order chi connectivity index (χ0) is 22.4. The van der Waals surface area contributed by atoms with E-state index in [1.54, 1.807) is 6.92 Å². The minimum atomic E-state index is -3.60. The third-order valence-corrected chi connectivity index (χ3v) is 7.41. The molecular weight excluding hydrogens is 423 g/mol. The number of rotatable bonds is 4. The Morgan fingerprint density at radius 2 is 1.84 bits per heavy atom. The zero-order valence-electron chi connectivity index (χ0n) is 17.7. The summed E-state index contributed by atoms with van der Waals surface area (Å²) >= 11 is 0. The van der Waals surface area contributed by atoms with E-state index in [-0.39, 0.29) is 10.9 Å². The molecule has 4 rings (SSSR count). The van der Waals surface area contributed by atoms with Gasteiger partial charge in [-0.15, -0.1) is 0 Å². The zero-order valence-corrected chi connectivity index (χ0v) is 18.5. The Morgan fingerprint density at radius 1 is 1.16 bits per heavy atom. The van der Waals surface area contributed by atoms with E-state index < -0.39 is 15.8 Å². The number of carbonyl (C=O) groups is 1. The van der Waals surface area contributed by atoms with Gasteiger partial charge in [-0.2, -0.15) is 4.31 Å². The highest BCUT2D eigenvalue weighted by molar-refractivity contribution is 7.89. The molecule has 2 heterocycles. The van der Waals surface area contributed by atoms with Gasteiger partial charge in [0, 0.05) is 30.4 Å². The van der Waals surface area contributed by atoms with Gasteiger partial charge in [-0.3, -0.25) is 4.79 Å². The monoisotopic (exact) mass is 450 g/mol. The summed E-state index contributed by atoms with van der Waals surface area (Å²) in [5.74, 6) is -0.392. The predicted octanol–water partition coefficient (Wildman–Crippen LogP) is 3.07. The normalized spacial score (nSPS) is 17.3. The van der Waals surface area contributed by atoms with Crippen molar-refractivity contribution in [3.05, 3.63) is 59.4 Å². The summed E-state index contributed by atoms with van der Waals surface area (Å²) in [7, 11) is -2.29. The molecule has 1 fully saturated rings. The second kappa shape index (κ2) is 10.2. The molecule has 0 saturated carbocycles. The molecule has 0 amide bonds. The quantitative estimate of drug-likeness (QED) is 0.667. The second-order valence-electron chi connectivity index (χ2n) is 7.45. The second-order valence-corrected chi connectivity index (χ2v) is 9.39. The summed E-state index contributed by atoms with van der Waals surface area (Å²) in [5, 5.41) is 0. The van der Waals surface area contributed by atoms with E-state index in [0.29, 0.717) is 38.5 Å². The molecule has 2 aromatic rings. The molecule has 0 aliphatic carbocycles. The number of halogens is 1. The number of para-hydroxylation sites is 1. The van der Waals surface area contributed by atoms with Crippen molar-refractivity contribution < 1.29 is 27.1 Å². The summed E-state index contributed by atoms with van der Waals surface area (Å²) in [5.41, 5.74) is 2.69. The molecule has 0 bridgehead atoms. The lowest BCUT2D eigenvalue weighted by atomic mass is 10.0. The number of benzene rings is 2. The molecule has 2 aliphatic rings. The summed E-state index contributed by atoms with van der Waals surface area (Å²) < 4.78 is 50.4. The number of sulfonamides is 1. The van der Waals surface area contributed by atoms with E-state index >= 15 is 0 Å². The number of hydrogen-bond acceptors (Lipinski definition) is 6. The number of fused-ring (bicyclic) bond motifs is 1.